The van der Waals surface area contributed by atoms with Crippen LogP contribution in [0, 0.1) is 10.1 Å². The highest BCUT2D eigenvalue weighted by molar-refractivity contribution is 5.21. The third kappa shape index (κ3) is 1.38. The summed E-state index contributed by atoms with van der Waals surface area (Å²) in [6.45, 7) is 0. The first kappa shape index (κ1) is 7.74. The molecule has 0 bridgehead atoms. The summed E-state index contributed by atoms with van der Waals surface area (Å²) in [5.74, 6) is 0.0212. The van der Waals surface area contributed by atoms with Crippen molar-refractivity contribution in [3.8, 4) is 0 Å². The summed E-state index contributed by atoms with van der Waals surface area (Å²) in [5.41, 5.74) is 3.79. The summed E-state index contributed by atoms with van der Waals surface area (Å²) in [4.78, 5) is 9.72. The van der Waals surface area contributed by atoms with Crippen molar-refractivity contribution in [3.63, 3.8) is 0 Å². The van der Waals surface area contributed by atoms with Crippen molar-refractivity contribution in [2.24, 2.45) is 5.73 Å². The molecule has 3 N–H and O–H groups in total. The topological polar surface area (TPSA) is 89.4 Å². The van der Waals surface area contributed by atoms with E-state index in [9.17, 15) is 10.1 Å². The minimum Gasteiger partial charge on any atom is -0.508 e. The van der Waals surface area contributed by atoms with E-state index in [0.29, 0.717) is 0 Å². The number of nitrogens with two attached hydrogens (primary N) is 1. The van der Waals surface area contributed by atoms with E-state index in [2.05, 4.69) is 0 Å². The first-order chi connectivity index (χ1) is 5.04. The largest absolute Gasteiger partial charge is 0.508 e. The summed E-state index contributed by atoms with van der Waals surface area (Å²) in [7, 11) is 0. The van der Waals surface area contributed by atoms with Crippen molar-refractivity contribution in [2.75, 3.05) is 0 Å². The molecule has 11 heavy (non-hydrogen) atoms. The molecule has 1 unspecified atom stereocenters. The molecule has 1 aliphatic carbocycles. The third-order valence-electron chi connectivity index (χ3n) is 1.52. The molecule has 5 nitrogen and oxygen atoms in total. The number of nitro groups is 1. The molecule has 0 fully saturated rings. The molecular formula is C6H8N2O3. The van der Waals surface area contributed by atoms with Crippen LogP contribution in [0.1, 0.15) is 6.42 Å². The summed E-state index contributed by atoms with van der Waals surface area (Å²) >= 11 is 0. The van der Waals surface area contributed by atoms with Crippen LogP contribution >= 0.6 is 0 Å². The first-order valence-electron chi connectivity index (χ1n) is 3.06. The molecule has 0 aliphatic heterocycles. The Balaban J connectivity index is 2.82. The molecule has 0 saturated heterocycles. The molecular weight excluding hydrogens is 148 g/mol. The lowest BCUT2D eigenvalue weighted by Gasteiger charge is -2.16. The Hall–Kier alpha value is -1.36. The van der Waals surface area contributed by atoms with Gasteiger partial charge in [-0.1, -0.05) is 0 Å². The van der Waals surface area contributed by atoms with Gasteiger partial charge in [0.2, 0.25) is 0 Å². The van der Waals surface area contributed by atoms with E-state index in [0.717, 1.165) is 0 Å². The summed E-state index contributed by atoms with van der Waals surface area (Å²) in [5, 5.41) is 19.1. The van der Waals surface area contributed by atoms with E-state index in [1.165, 1.54) is 18.2 Å². The minimum absolute atomic E-state index is 0.0212. The van der Waals surface area contributed by atoms with Gasteiger partial charge in [-0.15, -0.1) is 0 Å². The zero-order valence-electron chi connectivity index (χ0n) is 5.73. The van der Waals surface area contributed by atoms with E-state index in [-0.39, 0.29) is 12.2 Å². The Morgan fingerprint density at radius 1 is 1.82 bits per heavy atom. The van der Waals surface area contributed by atoms with E-state index in [1.807, 2.05) is 0 Å². The second-order valence-corrected chi connectivity index (χ2v) is 2.41. The van der Waals surface area contributed by atoms with Crippen LogP contribution in [0.5, 0.6) is 0 Å². The standard InChI is InChI=1S/C6H8N2O3/c7-6(8(10)11)3-1-5(9)2-4-6/h1-3,9H,4,7H2. The molecule has 0 saturated carbocycles. The van der Waals surface area contributed by atoms with E-state index in [4.69, 9.17) is 10.8 Å². The number of rotatable bonds is 1. The SMILES string of the molecule is NC1([N+](=O)[O-])C=CC(O)=CC1. The number of hydrogen-bond donors (Lipinski definition) is 2. The van der Waals surface area contributed by atoms with Crippen molar-refractivity contribution >= 4 is 0 Å². The predicted octanol–water partition coefficient (Wildman–Crippen LogP) is 0.320. The highest BCUT2D eigenvalue weighted by atomic mass is 16.6. The van der Waals surface area contributed by atoms with Gasteiger partial charge in [-0.2, -0.15) is 0 Å². The smallest absolute Gasteiger partial charge is 0.295 e. The Morgan fingerprint density at radius 3 is 2.82 bits per heavy atom. The molecule has 5 heteroatoms. The van der Waals surface area contributed by atoms with Gasteiger partial charge in [-0.25, -0.2) is 0 Å². The fraction of sp³-hybridized carbons (Fsp3) is 0.333. The molecule has 0 aromatic heterocycles. The molecule has 60 valence electrons. The monoisotopic (exact) mass is 156 g/mol. The number of allylic oxidation sites excluding steroid dienone is 1. The van der Waals surface area contributed by atoms with Crippen LogP contribution in [0.15, 0.2) is 24.0 Å². The molecule has 1 aliphatic rings. The number of aliphatic hydroxyl groups is 1. The highest BCUT2D eigenvalue weighted by Gasteiger charge is 2.35. The van der Waals surface area contributed by atoms with Crippen LogP contribution in [-0.4, -0.2) is 15.7 Å². The lowest BCUT2D eigenvalue weighted by atomic mass is 10.0. The van der Waals surface area contributed by atoms with Gasteiger partial charge in [-0.3, -0.25) is 15.8 Å². The van der Waals surface area contributed by atoms with Crippen molar-refractivity contribution in [1.82, 2.24) is 0 Å². The van der Waals surface area contributed by atoms with Gasteiger partial charge in [0, 0.05) is 11.0 Å². The zero-order valence-corrected chi connectivity index (χ0v) is 5.73. The highest BCUT2D eigenvalue weighted by Crippen LogP contribution is 2.17. The second kappa shape index (κ2) is 2.35. The van der Waals surface area contributed by atoms with Crippen molar-refractivity contribution in [2.45, 2.75) is 12.1 Å². The van der Waals surface area contributed by atoms with Crippen molar-refractivity contribution in [1.29, 1.82) is 0 Å². The molecule has 1 atom stereocenters. The molecule has 0 aromatic rings. The Labute approximate surface area is 63.0 Å². The van der Waals surface area contributed by atoms with Gasteiger partial charge in [0.05, 0.1) is 6.42 Å². The average molecular weight is 156 g/mol. The lowest BCUT2D eigenvalue weighted by molar-refractivity contribution is -0.553. The molecule has 0 amide bonds. The third-order valence-corrected chi connectivity index (χ3v) is 1.52. The quantitative estimate of drug-likeness (QED) is 0.325. The van der Waals surface area contributed by atoms with Crippen LogP contribution < -0.4 is 5.73 Å². The van der Waals surface area contributed by atoms with E-state index in [1.54, 1.807) is 0 Å². The maximum absolute atomic E-state index is 10.3. The summed E-state index contributed by atoms with van der Waals surface area (Å²) < 4.78 is 0. The molecule has 0 heterocycles. The minimum atomic E-state index is -1.54. The number of nitrogens with zero attached hydrogens (tertiary/aromatic N) is 1. The van der Waals surface area contributed by atoms with Crippen LogP contribution in [0.3, 0.4) is 0 Å². The first-order valence-corrected chi connectivity index (χ1v) is 3.06. The fourth-order valence-electron chi connectivity index (χ4n) is 0.769. The predicted molar refractivity (Wildman–Crippen MR) is 38.4 cm³/mol. The maximum Gasteiger partial charge on any atom is 0.295 e. The van der Waals surface area contributed by atoms with Gasteiger partial charge < -0.3 is 5.11 Å². The van der Waals surface area contributed by atoms with Crippen LogP contribution in [0.2, 0.25) is 0 Å². The van der Waals surface area contributed by atoms with Crippen molar-refractivity contribution < 1.29 is 10.0 Å². The van der Waals surface area contributed by atoms with Crippen molar-refractivity contribution in [3.05, 3.63) is 34.1 Å². The normalized spacial score (nSPS) is 29.7. The van der Waals surface area contributed by atoms with E-state index < -0.39 is 10.6 Å². The summed E-state index contributed by atoms with van der Waals surface area (Å²) in [6.07, 6.45) is 3.76. The number of hydrogen-bond acceptors (Lipinski definition) is 4. The van der Waals surface area contributed by atoms with Gasteiger partial charge in [0.15, 0.2) is 0 Å². The second-order valence-electron chi connectivity index (χ2n) is 2.41. The molecule has 1 rings (SSSR count). The van der Waals surface area contributed by atoms with Crippen LogP contribution in [0.25, 0.3) is 0 Å². The fourth-order valence-corrected chi connectivity index (χ4v) is 0.769. The maximum atomic E-state index is 10.3. The van der Waals surface area contributed by atoms with Crippen LogP contribution in [0.4, 0.5) is 0 Å². The van der Waals surface area contributed by atoms with Gasteiger partial charge in [-0.05, 0) is 12.2 Å². The van der Waals surface area contributed by atoms with E-state index >= 15 is 0 Å². The average Bonchev–Trinajstić information content (AvgIpc) is 1.95. The summed E-state index contributed by atoms with van der Waals surface area (Å²) in [6, 6.07) is 0. The Morgan fingerprint density at radius 2 is 2.45 bits per heavy atom. The van der Waals surface area contributed by atoms with Gasteiger partial charge in [0.25, 0.3) is 5.66 Å². The van der Waals surface area contributed by atoms with Gasteiger partial charge >= 0.3 is 0 Å². The van der Waals surface area contributed by atoms with Gasteiger partial charge in [0.1, 0.15) is 5.76 Å². The Kier molecular flexibility index (Phi) is 1.66. The number of aliphatic hydroxyl groups excluding tert-OH is 1. The lowest BCUT2D eigenvalue weighted by Crippen LogP contribution is -2.46. The van der Waals surface area contributed by atoms with Crippen LogP contribution in [-0.2, 0) is 0 Å². The molecule has 0 radical (unpaired) electrons. The molecule has 0 aromatic carbocycles. The Bertz CT molecular complexity index is 246. The zero-order chi connectivity index (χ0) is 8.48. The molecule has 0 spiro atoms.